The van der Waals surface area contributed by atoms with E-state index in [4.69, 9.17) is 4.74 Å². The number of hydrogen-bond acceptors (Lipinski definition) is 4. The Kier molecular flexibility index (Phi) is 7.25. The van der Waals surface area contributed by atoms with Gasteiger partial charge in [-0.1, -0.05) is 42.5 Å². The maximum absolute atomic E-state index is 12.1. The molecule has 9 heteroatoms. The smallest absolute Gasteiger partial charge is 0.422 e. The van der Waals surface area contributed by atoms with E-state index in [2.05, 4.69) is 10.1 Å². The number of nitrogens with one attached hydrogen (secondary N) is 1. The molecule has 0 aliphatic heterocycles. The first-order valence-electron chi connectivity index (χ1n) is 8.21. The number of alkyl halides is 3. The van der Waals surface area contributed by atoms with Gasteiger partial charge in [0.05, 0.1) is 0 Å². The van der Waals surface area contributed by atoms with Gasteiger partial charge in [-0.15, -0.1) is 0 Å². The number of halogens is 3. The van der Waals surface area contributed by atoms with Crippen LogP contribution in [0.1, 0.15) is 11.1 Å². The number of alkyl carbamates (subject to hydrolysis) is 1. The van der Waals surface area contributed by atoms with E-state index in [0.29, 0.717) is 5.56 Å². The number of ether oxygens (including phenoxy) is 2. The van der Waals surface area contributed by atoms with E-state index in [9.17, 15) is 27.9 Å². The molecule has 0 unspecified atom stereocenters. The zero-order valence-corrected chi connectivity index (χ0v) is 14.6. The lowest BCUT2D eigenvalue weighted by Gasteiger charge is -2.15. The molecule has 0 heterocycles. The third-order valence-corrected chi connectivity index (χ3v) is 3.57. The van der Waals surface area contributed by atoms with Gasteiger partial charge in [0.15, 0.2) is 6.61 Å². The first-order valence-corrected chi connectivity index (χ1v) is 8.21. The predicted octanol–water partition coefficient (Wildman–Crippen LogP) is 3.55. The third kappa shape index (κ3) is 7.56. The van der Waals surface area contributed by atoms with Crippen molar-refractivity contribution in [1.82, 2.24) is 5.32 Å². The molecule has 2 N–H and O–H groups in total. The second-order valence-electron chi connectivity index (χ2n) is 5.85. The van der Waals surface area contributed by atoms with Gasteiger partial charge in [-0.25, -0.2) is 9.59 Å². The van der Waals surface area contributed by atoms with E-state index in [1.807, 2.05) is 6.07 Å². The average Bonchev–Trinajstić information content (AvgIpc) is 2.65. The van der Waals surface area contributed by atoms with Gasteiger partial charge in [0.1, 0.15) is 18.4 Å². The van der Waals surface area contributed by atoms with Crippen LogP contribution >= 0.6 is 0 Å². The Morgan fingerprint density at radius 1 is 1.00 bits per heavy atom. The third-order valence-electron chi connectivity index (χ3n) is 3.57. The fraction of sp³-hybridized carbons (Fsp3) is 0.263. The normalized spacial score (nSPS) is 12.1. The van der Waals surface area contributed by atoms with Crippen LogP contribution < -0.4 is 10.1 Å². The van der Waals surface area contributed by atoms with Crippen LogP contribution in [-0.2, 0) is 22.6 Å². The van der Waals surface area contributed by atoms with Crippen LogP contribution in [0.3, 0.4) is 0 Å². The number of benzene rings is 2. The largest absolute Gasteiger partial charge is 0.484 e. The maximum atomic E-state index is 12.1. The summed E-state index contributed by atoms with van der Waals surface area (Å²) in [6, 6.07) is 13.1. The molecule has 2 rings (SSSR count). The second-order valence-corrected chi connectivity index (χ2v) is 5.85. The minimum Gasteiger partial charge on any atom is -0.484 e. The number of carboxylic acids is 1. The summed E-state index contributed by atoms with van der Waals surface area (Å²) in [4.78, 5) is 23.2. The molecule has 0 radical (unpaired) electrons. The highest BCUT2D eigenvalue weighted by molar-refractivity contribution is 5.80. The van der Waals surface area contributed by atoms with Gasteiger partial charge < -0.3 is 19.9 Å². The van der Waals surface area contributed by atoms with Gasteiger partial charge in [-0.3, -0.25) is 0 Å². The SMILES string of the molecule is O=C(N[C@@H](Cc1ccc(OCC(F)(F)F)cc1)C(=O)O)OCc1ccccc1. The monoisotopic (exact) mass is 397 g/mol. The van der Waals surface area contributed by atoms with E-state index in [1.165, 1.54) is 24.3 Å². The molecule has 28 heavy (non-hydrogen) atoms. The Labute approximate surface area is 158 Å². The van der Waals surface area contributed by atoms with Crippen LogP contribution in [0.15, 0.2) is 54.6 Å². The van der Waals surface area contributed by atoms with Crippen LogP contribution in [0.25, 0.3) is 0 Å². The van der Waals surface area contributed by atoms with Gasteiger partial charge in [-0.2, -0.15) is 13.2 Å². The van der Waals surface area contributed by atoms with Gasteiger partial charge in [-0.05, 0) is 23.3 Å². The summed E-state index contributed by atoms with van der Waals surface area (Å²) in [6.45, 7) is -1.43. The Morgan fingerprint density at radius 3 is 2.21 bits per heavy atom. The first kappa shape index (κ1) is 21.1. The second kappa shape index (κ2) is 9.63. The zero-order chi connectivity index (χ0) is 20.6. The topological polar surface area (TPSA) is 84.9 Å². The van der Waals surface area contributed by atoms with Crippen molar-refractivity contribution in [3.05, 3.63) is 65.7 Å². The van der Waals surface area contributed by atoms with Crippen molar-refractivity contribution in [2.75, 3.05) is 6.61 Å². The molecule has 0 fully saturated rings. The fourth-order valence-corrected chi connectivity index (χ4v) is 2.23. The minimum atomic E-state index is -4.45. The maximum Gasteiger partial charge on any atom is 0.422 e. The summed E-state index contributed by atoms with van der Waals surface area (Å²) >= 11 is 0. The van der Waals surface area contributed by atoms with Gasteiger partial charge in [0.2, 0.25) is 0 Å². The fourth-order valence-electron chi connectivity index (χ4n) is 2.23. The number of amides is 1. The quantitative estimate of drug-likeness (QED) is 0.712. The highest BCUT2D eigenvalue weighted by Gasteiger charge is 2.28. The molecule has 0 saturated heterocycles. The molecule has 2 aromatic rings. The first-order chi connectivity index (χ1) is 13.2. The van der Waals surface area contributed by atoms with Crippen molar-refractivity contribution < 1.29 is 37.3 Å². The molecule has 0 aliphatic carbocycles. The molecule has 0 aromatic heterocycles. The number of aliphatic carboxylic acids is 1. The van der Waals surface area contributed by atoms with E-state index >= 15 is 0 Å². The van der Waals surface area contributed by atoms with E-state index < -0.39 is 30.9 Å². The van der Waals surface area contributed by atoms with Crippen LogP contribution in [0.5, 0.6) is 5.75 Å². The molecular weight excluding hydrogens is 379 g/mol. The number of rotatable bonds is 8. The van der Waals surface area contributed by atoms with Gasteiger partial charge in [0.25, 0.3) is 0 Å². The van der Waals surface area contributed by atoms with E-state index in [1.54, 1.807) is 24.3 Å². The van der Waals surface area contributed by atoms with Crippen molar-refractivity contribution >= 4 is 12.1 Å². The summed E-state index contributed by atoms with van der Waals surface area (Å²) in [5.74, 6) is -1.27. The lowest BCUT2D eigenvalue weighted by Crippen LogP contribution is -2.42. The summed E-state index contributed by atoms with van der Waals surface area (Å²) < 4.78 is 46.0. The lowest BCUT2D eigenvalue weighted by molar-refractivity contribution is -0.153. The molecule has 1 atom stereocenters. The van der Waals surface area contributed by atoms with Gasteiger partial charge in [0, 0.05) is 6.42 Å². The molecule has 6 nitrogen and oxygen atoms in total. The Hall–Kier alpha value is -3.23. The van der Waals surface area contributed by atoms with E-state index in [0.717, 1.165) is 5.56 Å². The molecule has 2 aromatic carbocycles. The number of carboxylic acid groups (broad SMARTS) is 1. The number of hydrogen-bond donors (Lipinski definition) is 2. The molecular formula is C19H18F3NO5. The van der Waals surface area contributed by atoms with Crippen molar-refractivity contribution in [2.45, 2.75) is 25.2 Å². The van der Waals surface area contributed by atoms with Crippen LogP contribution in [0.4, 0.5) is 18.0 Å². The number of carbonyl (C=O) groups is 2. The standard InChI is InChI=1S/C19H18F3NO5/c20-19(21,22)12-28-15-8-6-13(7-9-15)10-16(17(24)25)23-18(26)27-11-14-4-2-1-3-5-14/h1-9,16H,10-12H2,(H,23,26)(H,24,25)/t16-/m0/s1. The molecule has 0 spiro atoms. The van der Waals surface area contributed by atoms with Crippen molar-refractivity contribution in [3.63, 3.8) is 0 Å². The van der Waals surface area contributed by atoms with Crippen LogP contribution in [-0.4, -0.2) is 36.0 Å². The molecule has 0 saturated carbocycles. The predicted molar refractivity (Wildman–Crippen MR) is 92.9 cm³/mol. The molecule has 150 valence electrons. The Morgan fingerprint density at radius 2 is 1.64 bits per heavy atom. The molecule has 0 aliphatic rings. The summed E-state index contributed by atoms with van der Waals surface area (Å²) in [5.41, 5.74) is 1.24. The summed E-state index contributed by atoms with van der Waals surface area (Å²) in [5, 5.41) is 11.5. The minimum absolute atomic E-state index is 0.00294. The lowest BCUT2D eigenvalue weighted by atomic mass is 10.1. The van der Waals surface area contributed by atoms with Crippen molar-refractivity contribution in [3.8, 4) is 5.75 Å². The van der Waals surface area contributed by atoms with Crippen LogP contribution in [0.2, 0.25) is 0 Å². The Bertz CT molecular complexity index is 778. The van der Waals surface area contributed by atoms with Crippen molar-refractivity contribution in [1.29, 1.82) is 0 Å². The van der Waals surface area contributed by atoms with Gasteiger partial charge >= 0.3 is 18.2 Å². The summed E-state index contributed by atoms with van der Waals surface area (Å²) in [6.07, 6.45) is -5.41. The van der Waals surface area contributed by atoms with Crippen LogP contribution in [0, 0.1) is 0 Å². The summed E-state index contributed by atoms with van der Waals surface area (Å²) in [7, 11) is 0. The van der Waals surface area contributed by atoms with E-state index in [-0.39, 0.29) is 18.8 Å². The average molecular weight is 397 g/mol. The molecule has 1 amide bonds. The molecule has 0 bridgehead atoms. The Balaban J connectivity index is 1.87. The highest BCUT2D eigenvalue weighted by atomic mass is 19.4. The van der Waals surface area contributed by atoms with Crippen molar-refractivity contribution in [2.24, 2.45) is 0 Å². The zero-order valence-electron chi connectivity index (χ0n) is 14.6. The number of carbonyl (C=O) groups excluding carboxylic acids is 1. The highest BCUT2D eigenvalue weighted by Crippen LogP contribution is 2.19.